The first-order chi connectivity index (χ1) is 5.62. The highest BCUT2D eigenvalue weighted by molar-refractivity contribution is 5.08. The molecule has 1 heterocycles. The molecule has 0 aromatic carbocycles. The van der Waals surface area contributed by atoms with E-state index in [0.29, 0.717) is 0 Å². The van der Waals surface area contributed by atoms with E-state index in [4.69, 9.17) is 0 Å². The Hall–Kier alpha value is -0.340. The van der Waals surface area contributed by atoms with Gasteiger partial charge in [0.2, 0.25) is 0 Å². The number of nitrogens with one attached hydrogen (secondary N) is 1. The third-order valence-electron chi connectivity index (χ3n) is 3.03. The first-order valence-corrected chi connectivity index (χ1v) is 4.66. The summed E-state index contributed by atoms with van der Waals surface area (Å²) in [4.78, 5) is 0. The highest BCUT2D eigenvalue weighted by Gasteiger charge is 2.39. The summed E-state index contributed by atoms with van der Waals surface area (Å²) in [7, 11) is 0. The number of aliphatic hydroxyl groups excluding tert-OH is 1. The van der Waals surface area contributed by atoms with Crippen molar-refractivity contribution in [3.63, 3.8) is 0 Å². The van der Waals surface area contributed by atoms with Gasteiger partial charge in [0.15, 0.2) is 0 Å². The van der Waals surface area contributed by atoms with E-state index in [1.165, 1.54) is 0 Å². The number of rotatable bonds is 3. The predicted octanol–water partition coefficient (Wildman–Crippen LogP) is 1.31. The number of hydrogen-bond donors (Lipinski definition) is 2. The zero-order valence-electron chi connectivity index (χ0n) is 8.06. The van der Waals surface area contributed by atoms with Crippen molar-refractivity contribution in [2.24, 2.45) is 5.41 Å². The lowest BCUT2D eigenvalue weighted by atomic mass is 9.76. The van der Waals surface area contributed by atoms with E-state index in [9.17, 15) is 5.11 Å². The molecule has 1 fully saturated rings. The Morgan fingerprint density at radius 3 is 2.75 bits per heavy atom. The Morgan fingerprint density at radius 2 is 2.42 bits per heavy atom. The van der Waals surface area contributed by atoms with Gasteiger partial charge < -0.3 is 10.4 Å². The van der Waals surface area contributed by atoms with Crippen molar-refractivity contribution >= 4 is 0 Å². The summed E-state index contributed by atoms with van der Waals surface area (Å²) in [6.45, 7) is 9.81. The van der Waals surface area contributed by atoms with Gasteiger partial charge in [-0.3, -0.25) is 0 Å². The summed E-state index contributed by atoms with van der Waals surface area (Å²) in [5.41, 5.74) is 0.951. The van der Waals surface area contributed by atoms with Gasteiger partial charge in [0, 0.05) is 12.0 Å². The molecule has 12 heavy (non-hydrogen) atoms. The summed E-state index contributed by atoms with van der Waals surface area (Å²) in [6, 6.07) is 0. The maximum Gasteiger partial charge on any atom is 0.0813 e. The van der Waals surface area contributed by atoms with E-state index in [0.717, 1.165) is 31.5 Å². The molecule has 1 aliphatic rings. The largest absolute Gasteiger partial charge is 0.388 e. The maximum atomic E-state index is 9.94. The topological polar surface area (TPSA) is 32.3 Å². The maximum absolute atomic E-state index is 9.94. The van der Waals surface area contributed by atoms with Crippen molar-refractivity contribution in [3.05, 3.63) is 12.2 Å². The van der Waals surface area contributed by atoms with Gasteiger partial charge in [0.25, 0.3) is 0 Å². The number of aliphatic hydroxyl groups is 1. The zero-order chi connectivity index (χ0) is 9.19. The van der Waals surface area contributed by atoms with Crippen LogP contribution < -0.4 is 5.32 Å². The average Bonchev–Trinajstić information content (AvgIpc) is 2.52. The average molecular weight is 169 g/mol. The van der Waals surface area contributed by atoms with Crippen LogP contribution in [0.3, 0.4) is 0 Å². The monoisotopic (exact) mass is 169 g/mol. The second kappa shape index (κ2) is 3.58. The van der Waals surface area contributed by atoms with E-state index in [-0.39, 0.29) is 11.5 Å². The predicted molar refractivity (Wildman–Crippen MR) is 51.0 cm³/mol. The highest BCUT2D eigenvalue weighted by atomic mass is 16.3. The van der Waals surface area contributed by atoms with E-state index >= 15 is 0 Å². The Labute approximate surface area is 74.7 Å². The molecule has 2 nitrogen and oxygen atoms in total. The van der Waals surface area contributed by atoms with Crippen LogP contribution >= 0.6 is 0 Å². The molecule has 0 bridgehead atoms. The summed E-state index contributed by atoms with van der Waals surface area (Å²) < 4.78 is 0. The first-order valence-electron chi connectivity index (χ1n) is 4.66. The lowest BCUT2D eigenvalue weighted by Crippen LogP contribution is -2.37. The normalized spacial score (nSPS) is 31.9. The van der Waals surface area contributed by atoms with Crippen molar-refractivity contribution in [2.75, 3.05) is 13.1 Å². The molecule has 1 aliphatic heterocycles. The molecule has 2 N–H and O–H groups in total. The number of hydrogen-bond acceptors (Lipinski definition) is 2. The molecule has 1 saturated heterocycles. The molecule has 0 spiro atoms. The van der Waals surface area contributed by atoms with Gasteiger partial charge in [0.05, 0.1) is 6.10 Å². The SMILES string of the molecule is C=C(C)C(O)C1(CC)CCNC1. The molecule has 0 aromatic heterocycles. The van der Waals surface area contributed by atoms with Crippen LogP contribution in [0.5, 0.6) is 0 Å². The van der Waals surface area contributed by atoms with Gasteiger partial charge in [-0.05, 0) is 26.3 Å². The van der Waals surface area contributed by atoms with Crippen LogP contribution in [0.15, 0.2) is 12.2 Å². The standard InChI is InChI=1S/C10H19NO/c1-4-10(5-6-11-7-10)9(12)8(2)3/h9,11-12H,2,4-7H2,1,3H3. The Bertz CT molecular complexity index is 171. The second-order valence-corrected chi connectivity index (χ2v) is 3.89. The Kier molecular flexibility index (Phi) is 2.91. The third kappa shape index (κ3) is 1.54. The van der Waals surface area contributed by atoms with Gasteiger partial charge in [-0.1, -0.05) is 19.1 Å². The molecule has 0 aromatic rings. The van der Waals surface area contributed by atoms with E-state index in [1.807, 2.05) is 6.92 Å². The molecule has 0 aliphatic carbocycles. The fraction of sp³-hybridized carbons (Fsp3) is 0.800. The van der Waals surface area contributed by atoms with Crippen molar-refractivity contribution in [3.8, 4) is 0 Å². The second-order valence-electron chi connectivity index (χ2n) is 3.89. The molecule has 70 valence electrons. The molecule has 2 unspecified atom stereocenters. The molecule has 0 radical (unpaired) electrons. The van der Waals surface area contributed by atoms with Crippen LogP contribution in [0, 0.1) is 5.41 Å². The minimum atomic E-state index is -0.336. The van der Waals surface area contributed by atoms with Crippen molar-refractivity contribution in [1.29, 1.82) is 0 Å². The van der Waals surface area contributed by atoms with Gasteiger partial charge >= 0.3 is 0 Å². The molecule has 2 heteroatoms. The molecule has 1 rings (SSSR count). The van der Waals surface area contributed by atoms with Gasteiger partial charge in [-0.15, -0.1) is 0 Å². The summed E-state index contributed by atoms with van der Waals surface area (Å²) in [6.07, 6.45) is 1.75. The van der Waals surface area contributed by atoms with Crippen LogP contribution in [-0.4, -0.2) is 24.3 Å². The van der Waals surface area contributed by atoms with Crippen LogP contribution in [0.4, 0.5) is 0 Å². The lowest BCUT2D eigenvalue weighted by Gasteiger charge is -2.32. The molecule has 0 saturated carbocycles. The van der Waals surface area contributed by atoms with Crippen LogP contribution in [-0.2, 0) is 0 Å². The lowest BCUT2D eigenvalue weighted by molar-refractivity contribution is 0.0644. The van der Waals surface area contributed by atoms with Crippen LogP contribution in [0.25, 0.3) is 0 Å². The van der Waals surface area contributed by atoms with Crippen molar-refractivity contribution in [1.82, 2.24) is 5.32 Å². The Balaban J connectivity index is 2.71. The molecule has 2 atom stereocenters. The minimum absolute atomic E-state index is 0.0613. The van der Waals surface area contributed by atoms with Crippen molar-refractivity contribution in [2.45, 2.75) is 32.8 Å². The van der Waals surface area contributed by atoms with E-state index in [1.54, 1.807) is 0 Å². The van der Waals surface area contributed by atoms with Crippen LogP contribution in [0.1, 0.15) is 26.7 Å². The summed E-state index contributed by atoms with van der Waals surface area (Å²) in [5.74, 6) is 0. The van der Waals surface area contributed by atoms with Gasteiger partial charge in [0.1, 0.15) is 0 Å². The minimum Gasteiger partial charge on any atom is -0.388 e. The quantitative estimate of drug-likeness (QED) is 0.624. The van der Waals surface area contributed by atoms with Crippen LogP contribution in [0.2, 0.25) is 0 Å². The third-order valence-corrected chi connectivity index (χ3v) is 3.03. The Morgan fingerprint density at radius 1 is 1.75 bits per heavy atom. The molecular weight excluding hydrogens is 150 g/mol. The zero-order valence-corrected chi connectivity index (χ0v) is 8.06. The fourth-order valence-corrected chi connectivity index (χ4v) is 2.01. The van der Waals surface area contributed by atoms with Crippen molar-refractivity contribution < 1.29 is 5.11 Å². The van der Waals surface area contributed by atoms with E-state index in [2.05, 4.69) is 18.8 Å². The molecule has 0 amide bonds. The molecular formula is C10H19NO. The van der Waals surface area contributed by atoms with Gasteiger partial charge in [-0.25, -0.2) is 0 Å². The highest BCUT2D eigenvalue weighted by Crippen LogP contribution is 2.35. The van der Waals surface area contributed by atoms with E-state index < -0.39 is 0 Å². The van der Waals surface area contributed by atoms with Gasteiger partial charge in [-0.2, -0.15) is 0 Å². The smallest absolute Gasteiger partial charge is 0.0813 e. The fourth-order valence-electron chi connectivity index (χ4n) is 2.01. The summed E-state index contributed by atoms with van der Waals surface area (Å²) >= 11 is 0. The summed E-state index contributed by atoms with van der Waals surface area (Å²) in [5, 5.41) is 13.2. The first kappa shape index (κ1) is 9.75.